The Bertz CT molecular complexity index is 1350. The molecule has 216 valence electrons. The zero-order valence-corrected chi connectivity index (χ0v) is 22.6. The van der Waals surface area contributed by atoms with Crippen LogP contribution in [0.2, 0.25) is 0 Å². The third-order valence-electron chi connectivity index (χ3n) is 6.87. The number of hydrogen-bond donors (Lipinski definition) is 2. The summed E-state index contributed by atoms with van der Waals surface area (Å²) >= 11 is 0. The van der Waals surface area contributed by atoms with Crippen molar-refractivity contribution in [3.63, 3.8) is 0 Å². The summed E-state index contributed by atoms with van der Waals surface area (Å²) in [6.07, 6.45) is 0.932. The minimum atomic E-state index is -4.65. The summed E-state index contributed by atoms with van der Waals surface area (Å²) in [5.41, 5.74) is 0.190. The van der Waals surface area contributed by atoms with E-state index in [0.717, 1.165) is 48.2 Å². The molecule has 2 N–H and O–H groups in total. The molecule has 13 heteroatoms. The molecular formula is C27H31F3N4O5S. The van der Waals surface area contributed by atoms with Gasteiger partial charge in [-0.3, -0.25) is 9.59 Å². The van der Waals surface area contributed by atoms with Gasteiger partial charge >= 0.3 is 6.18 Å². The number of rotatable bonds is 8. The van der Waals surface area contributed by atoms with Gasteiger partial charge < -0.3 is 15.5 Å². The molecule has 2 aromatic carbocycles. The lowest BCUT2D eigenvalue weighted by Crippen LogP contribution is -2.38. The molecule has 9 nitrogen and oxygen atoms in total. The van der Waals surface area contributed by atoms with Crippen LogP contribution in [0.3, 0.4) is 0 Å². The number of nitrogens with zero attached hydrogens (tertiary/aromatic N) is 2. The van der Waals surface area contributed by atoms with Crippen molar-refractivity contribution in [3.8, 4) is 0 Å². The first-order chi connectivity index (χ1) is 19.0. The average Bonchev–Trinajstić information content (AvgIpc) is 2.94. The zero-order valence-electron chi connectivity index (χ0n) is 21.7. The number of carbonyl (C=O) groups is 2. The van der Waals surface area contributed by atoms with Gasteiger partial charge in [0.25, 0.3) is 11.8 Å². The molecule has 0 spiro atoms. The molecule has 1 aliphatic carbocycles. The molecule has 40 heavy (non-hydrogen) atoms. The Morgan fingerprint density at radius 2 is 1.70 bits per heavy atom. The van der Waals surface area contributed by atoms with Gasteiger partial charge in [0.15, 0.2) is 6.61 Å². The first-order valence-electron chi connectivity index (χ1n) is 13.1. The van der Waals surface area contributed by atoms with E-state index in [2.05, 4.69) is 15.8 Å². The monoisotopic (exact) mass is 580 g/mol. The first kappa shape index (κ1) is 29.5. The number of oxime groups is 1. The van der Waals surface area contributed by atoms with Gasteiger partial charge in [-0.05, 0) is 43.2 Å². The van der Waals surface area contributed by atoms with E-state index in [9.17, 15) is 31.2 Å². The largest absolute Gasteiger partial charge is 0.416 e. The Kier molecular flexibility index (Phi) is 9.46. The number of carbonyl (C=O) groups excluding carboxylic acids is 2. The fraction of sp³-hybridized carbons (Fsp3) is 0.444. The number of para-hydroxylation sites is 1. The Morgan fingerprint density at radius 3 is 2.40 bits per heavy atom. The number of amides is 2. The van der Waals surface area contributed by atoms with Crippen LogP contribution in [0.25, 0.3) is 0 Å². The molecule has 4 rings (SSSR count). The number of benzene rings is 2. The summed E-state index contributed by atoms with van der Waals surface area (Å²) in [4.78, 5) is 30.0. The molecule has 1 saturated carbocycles. The van der Waals surface area contributed by atoms with Gasteiger partial charge in [-0.15, -0.1) is 0 Å². The summed E-state index contributed by atoms with van der Waals surface area (Å²) in [6, 6.07) is 10.4. The van der Waals surface area contributed by atoms with Crippen LogP contribution in [-0.2, 0) is 25.8 Å². The van der Waals surface area contributed by atoms with Crippen LogP contribution in [-0.4, -0.2) is 56.0 Å². The second-order valence-corrected chi connectivity index (χ2v) is 11.7. The van der Waals surface area contributed by atoms with Crippen molar-refractivity contribution in [1.82, 2.24) is 9.62 Å². The zero-order chi connectivity index (χ0) is 28.8. The lowest BCUT2D eigenvalue weighted by molar-refractivity contribution is -0.137. The van der Waals surface area contributed by atoms with Crippen LogP contribution in [0.5, 0.6) is 0 Å². The van der Waals surface area contributed by atoms with Gasteiger partial charge in [-0.2, -0.15) is 17.5 Å². The Labute approximate surface area is 230 Å². The maximum Gasteiger partial charge on any atom is 0.416 e. The highest BCUT2D eigenvalue weighted by molar-refractivity contribution is 7.89. The van der Waals surface area contributed by atoms with Crippen LogP contribution in [0, 0.1) is 0 Å². The van der Waals surface area contributed by atoms with Crippen LogP contribution in [0.1, 0.15) is 60.9 Å². The highest BCUT2D eigenvalue weighted by atomic mass is 32.2. The molecule has 1 saturated heterocycles. The van der Waals surface area contributed by atoms with E-state index in [1.165, 1.54) is 6.42 Å². The molecular weight excluding hydrogens is 549 g/mol. The van der Waals surface area contributed by atoms with E-state index in [1.807, 2.05) is 0 Å². The van der Waals surface area contributed by atoms with Crippen molar-refractivity contribution >= 4 is 33.2 Å². The fourth-order valence-electron chi connectivity index (χ4n) is 4.73. The number of halogens is 3. The third-order valence-corrected chi connectivity index (χ3v) is 8.77. The quantitative estimate of drug-likeness (QED) is 0.444. The molecule has 2 fully saturated rings. The molecule has 0 aromatic heterocycles. The maximum absolute atomic E-state index is 13.0. The summed E-state index contributed by atoms with van der Waals surface area (Å²) in [7, 11) is -4.12. The average molecular weight is 581 g/mol. The molecule has 1 heterocycles. The van der Waals surface area contributed by atoms with Gasteiger partial charge in [0.2, 0.25) is 10.0 Å². The van der Waals surface area contributed by atoms with E-state index in [4.69, 9.17) is 4.84 Å². The summed E-state index contributed by atoms with van der Waals surface area (Å²) in [5, 5.41) is 9.64. The molecule has 0 atom stereocenters. The van der Waals surface area contributed by atoms with E-state index < -0.39 is 39.2 Å². The summed E-state index contributed by atoms with van der Waals surface area (Å²) in [6.45, 7) is -0.402. The maximum atomic E-state index is 13.0. The van der Waals surface area contributed by atoms with Crippen molar-refractivity contribution < 1.29 is 36.0 Å². The van der Waals surface area contributed by atoms with Crippen molar-refractivity contribution in [2.24, 2.45) is 5.16 Å². The number of nitrogens with one attached hydrogen (secondary N) is 2. The van der Waals surface area contributed by atoms with Crippen LogP contribution in [0.15, 0.2) is 58.6 Å². The second kappa shape index (κ2) is 12.8. The topological polar surface area (TPSA) is 117 Å². The predicted molar refractivity (Wildman–Crippen MR) is 142 cm³/mol. The highest BCUT2D eigenvalue weighted by Crippen LogP contribution is 2.31. The van der Waals surface area contributed by atoms with Gasteiger partial charge in [0, 0.05) is 32.0 Å². The Balaban J connectivity index is 1.27. The smallest absolute Gasteiger partial charge is 0.386 e. The number of anilines is 1. The van der Waals surface area contributed by atoms with Crippen LogP contribution < -0.4 is 10.6 Å². The van der Waals surface area contributed by atoms with E-state index in [-0.39, 0.29) is 37.9 Å². The molecule has 2 aliphatic rings. The SMILES string of the molecule is O=C(CON=C1CCN(S(=O)(=O)c2cccc(C(F)(F)F)c2)CC1)Nc1ccccc1C(=O)NC1CCCCC1. The number of alkyl halides is 3. The third kappa shape index (κ3) is 7.60. The van der Waals surface area contributed by atoms with Crippen molar-refractivity contribution in [3.05, 3.63) is 59.7 Å². The van der Waals surface area contributed by atoms with Crippen LogP contribution in [0.4, 0.5) is 18.9 Å². The highest BCUT2D eigenvalue weighted by Gasteiger charge is 2.34. The van der Waals surface area contributed by atoms with Gasteiger partial charge in [-0.1, -0.05) is 42.6 Å². The number of hydrogen-bond acceptors (Lipinski definition) is 6. The standard InChI is InChI=1S/C27H31F3N4O5S/c28-27(29,30)19-7-6-10-22(17-19)40(37,38)34-15-13-21(14-16-34)33-39-18-25(35)32-24-12-5-4-11-23(24)26(36)31-20-8-2-1-3-9-20/h4-7,10-12,17,20H,1-3,8-9,13-16,18H2,(H,31,36)(H,32,35). The Morgan fingerprint density at radius 1 is 1.00 bits per heavy atom. The number of piperidine rings is 1. The molecule has 0 unspecified atom stereocenters. The minimum Gasteiger partial charge on any atom is -0.386 e. The van der Waals surface area contributed by atoms with Gasteiger partial charge in [0.1, 0.15) is 0 Å². The minimum absolute atomic E-state index is 0.0104. The predicted octanol–water partition coefficient (Wildman–Crippen LogP) is 4.56. The lowest BCUT2D eigenvalue weighted by atomic mass is 9.95. The van der Waals surface area contributed by atoms with Gasteiger partial charge in [0.05, 0.1) is 27.4 Å². The van der Waals surface area contributed by atoms with Crippen molar-refractivity contribution in [2.75, 3.05) is 25.0 Å². The second-order valence-electron chi connectivity index (χ2n) is 9.76. The Hall–Kier alpha value is -3.45. The van der Waals surface area contributed by atoms with Crippen LogP contribution >= 0.6 is 0 Å². The lowest BCUT2D eigenvalue weighted by Gasteiger charge is -2.26. The van der Waals surface area contributed by atoms with E-state index in [1.54, 1.807) is 24.3 Å². The molecule has 0 radical (unpaired) electrons. The van der Waals surface area contributed by atoms with E-state index in [0.29, 0.717) is 23.0 Å². The first-order valence-corrected chi connectivity index (χ1v) is 14.5. The molecule has 2 aromatic rings. The van der Waals surface area contributed by atoms with Crippen molar-refractivity contribution in [2.45, 2.75) is 62.1 Å². The normalized spacial score (nSPS) is 17.2. The number of sulfonamides is 1. The summed E-state index contributed by atoms with van der Waals surface area (Å²) < 4.78 is 65.8. The molecule has 0 bridgehead atoms. The van der Waals surface area contributed by atoms with Gasteiger partial charge in [-0.25, -0.2) is 8.42 Å². The molecule has 1 aliphatic heterocycles. The van der Waals surface area contributed by atoms with E-state index >= 15 is 0 Å². The fourth-order valence-corrected chi connectivity index (χ4v) is 6.21. The summed E-state index contributed by atoms with van der Waals surface area (Å²) in [5.74, 6) is -0.775. The molecule has 2 amide bonds. The van der Waals surface area contributed by atoms with Crippen molar-refractivity contribution in [1.29, 1.82) is 0 Å².